The van der Waals surface area contributed by atoms with E-state index in [4.69, 9.17) is 0 Å². The molecule has 16 heavy (non-hydrogen) atoms. The van der Waals surface area contributed by atoms with Crippen LogP contribution in [0.15, 0.2) is 0 Å². The van der Waals surface area contributed by atoms with Gasteiger partial charge in [0, 0.05) is 13.0 Å². The first kappa shape index (κ1) is 15.4. The fraction of sp³-hybridized carbons (Fsp3) is 0.923. The average Bonchev–Trinajstić information content (AvgIpc) is 2.26. The lowest BCUT2D eigenvalue weighted by molar-refractivity contribution is -0.121. The van der Waals surface area contributed by atoms with Crippen molar-refractivity contribution in [1.29, 1.82) is 0 Å². The number of aliphatic hydroxyl groups excluding tert-OH is 1. The van der Waals surface area contributed by atoms with Crippen LogP contribution in [0.3, 0.4) is 0 Å². The zero-order valence-electron chi connectivity index (χ0n) is 10.8. The van der Waals surface area contributed by atoms with Crippen LogP contribution >= 0.6 is 0 Å². The van der Waals surface area contributed by atoms with Gasteiger partial charge in [-0.25, -0.2) is 0 Å². The van der Waals surface area contributed by atoms with Gasteiger partial charge in [0.1, 0.15) is 0 Å². The molecule has 0 fully saturated rings. The highest BCUT2D eigenvalue weighted by molar-refractivity contribution is 5.75. The Labute approximate surface area is 99.6 Å². The third kappa shape index (κ3) is 9.97. The second-order valence-electron chi connectivity index (χ2n) is 4.41. The van der Waals surface area contributed by atoms with Crippen molar-refractivity contribution in [3.8, 4) is 0 Å². The first-order valence-corrected chi connectivity index (χ1v) is 6.65. The van der Waals surface area contributed by atoms with Crippen molar-refractivity contribution in [1.82, 2.24) is 5.32 Å². The van der Waals surface area contributed by atoms with Crippen molar-refractivity contribution < 1.29 is 9.90 Å². The minimum absolute atomic E-state index is 0.0756. The maximum Gasteiger partial charge on any atom is 0.220 e. The Morgan fingerprint density at radius 1 is 1.12 bits per heavy atom. The Hall–Kier alpha value is -0.570. The summed E-state index contributed by atoms with van der Waals surface area (Å²) in [6.07, 6.45) is 7.75. The number of hydrogen-bond donors (Lipinski definition) is 2. The molecule has 0 radical (unpaired) electrons. The number of aliphatic hydroxyl groups is 1. The molecule has 0 aliphatic heterocycles. The molecule has 0 rings (SSSR count). The number of unbranched alkanes of at least 4 members (excludes halogenated alkanes) is 4. The Morgan fingerprint density at radius 3 is 2.44 bits per heavy atom. The second kappa shape index (κ2) is 10.9. The molecule has 0 bridgehead atoms. The minimum Gasteiger partial charge on any atom is -0.391 e. The van der Waals surface area contributed by atoms with Crippen molar-refractivity contribution in [3.63, 3.8) is 0 Å². The maximum absolute atomic E-state index is 11.4. The van der Waals surface area contributed by atoms with E-state index in [9.17, 15) is 9.90 Å². The Kier molecular flexibility index (Phi) is 10.5. The zero-order chi connectivity index (χ0) is 12.2. The van der Waals surface area contributed by atoms with Crippen LogP contribution in [0.25, 0.3) is 0 Å². The van der Waals surface area contributed by atoms with Gasteiger partial charge in [-0.3, -0.25) is 4.79 Å². The largest absolute Gasteiger partial charge is 0.391 e. The summed E-state index contributed by atoms with van der Waals surface area (Å²) in [5, 5.41) is 12.2. The molecule has 3 heteroatoms. The van der Waals surface area contributed by atoms with E-state index in [0.29, 0.717) is 13.0 Å². The lowest BCUT2D eigenvalue weighted by atomic mass is 10.1. The van der Waals surface area contributed by atoms with Crippen LogP contribution in [0, 0.1) is 0 Å². The quantitative estimate of drug-likeness (QED) is 0.566. The fourth-order valence-electron chi connectivity index (χ4n) is 1.64. The van der Waals surface area contributed by atoms with Crippen molar-refractivity contribution in [2.24, 2.45) is 0 Å². The van der Waals surface area contributed by atoms with Gasteiger partial charge in [-0.15, -0.1) is 0 Å². The molecule has 0 aliphatic carbocycles. The van der Waals surface area contributed by atoms with Crippen LogP contribution in [0.4, 0.5) is 0 Å². The minimum atomic E-state index is -0.381. The fourth-order valence-corrected chi connectivity index (χ4v) is 1.64. The summed E-state index contributed by atoms with van der Waals surface area (Å²) < 4.78 is 0. The molecule has 0 aromatic heterocycles. The van der Waals surface area contributed by atoms with Crippen LogP contribution in [0.2, 0.25) is 0 Å². The monoisotopic (exact) mass is 229 g/mol. The Balaban J connectivity index is 3.30. The van der Waals surface area contributed by atoms with Crippen LogP contribution in [-0.4, -0.2) is 23.7 Å². The number of carbonyl (C=O) groups excluding carboxylic acids is 1. The van der Waals surface area contributed by atoms with E-state index < -0.39 is 0 Å². The molecule has 1 unspecified atom stereocenters. The van der Waals surface area contributed by atoms with Gasteiger partial charge < -0.3 is 10.4 Å². The molecule has 96 valence electrons. The van der Waals surface area contributed by atoms with Gasteiger partial charge in [0.2, 0.25) is 5.91 Å². The number of carbonyl (C=O) groups is 1. The van der Waals surface area contributed by atoms with Crippen LogP contribution in [0.1, 0.15) is 65.2 Å². The summed E-state index contributed by atoms with van der Waals surface area (Å²) in [5.74, 6) is 0.0756. The molecule has 0 aliphatic rings. The molecule has 0 aromatic carbocycles. The van der Waals surface area contributed by atoms with E-state index in [2.05, 4.69) is 12.2 Å². The predicted octanol–water partition coefficient (Wildman–Crippen LogP) is 2.62. The standard InChI is InChI=1S/C13H27NO2/c1-3-5-6-7-8-10-13(16)14-11-12(15)9-4-2/h12,15H,3-11H2,1-2H3,(H,14,16). The molecular formula is C13H27NO2. The highest BCUT2D eigenvalue weighted by atomic mass is 16.3. The average molecular weight is 229 g/mol. The van der Waals surface area contributed by atoms with Gasteiger partial charge in [-0.2, -0.15) is 0 Å². The number of rotatable bonds is 10. The van der Waals surface area contributed by atoms with Gasteiger partial charge >= 0.3 is 0 Å². The molecule has 3 nitrogen and oxygen atoms in total. The van der Waals surface area contributed by atoms with Crippen molar-refractivity contribution >= 4 is 5.91 Å². The maximum atomic E-state index is 11.4. The van der Waals surface area contributed by atoms with E-state index in [0.717, 1.165) is 25.7 Å². The highest BCUT2D eigenvalue weighted by Gasteiger charge is 2.05. The van der Waals surface area contributed by atoms with Crippen LogP contribution in [-0.2, 0) is 4.79 Å². The summed E-state index contributed by atoms with van der Waals surface area (Å²) >= 11 is 0. The van der Waals surface area contributed by atoms with Gasteiger partial charge in [-0.05, 0) is 12.8 Å². The molecule has 0 spiro atoms. The lowest BCUT2D eigenvalue weighted by Gasteiger charge is -2.10. The highest BCUT2D eigenvalue weighted by Crippen LogP contribution is 2.04. The van der Waals surface area contributed by atoms with Crippen molar-refractivity contribution in [2.45, 2.75) is 71.3 Å². The number of amides is 1. The predicted molar refractivity (Wildman–Crippen MR) is 67.3 cm³/mol. The number of nitrogens with one attached hydrogen (secondary N) is 1. The van der Waals surface area contributed by atoms with Crippen LogP contribution in [0.5, 0.6) is 0 Å². The molecule has 1 atom stereocenters. The molecule has 1 amide bonds. The Bertz CT molecular complexity index is 171. The van der Waals surface area contributed by atoms with E-state index in [1.807, 2.05) is 6.92 Å². The summed E-state index contributed by atoms with van der Waals surface area (Å²) in [5.41, 5.74) is 0. The Morgan fingerprint density at radius 2 is 1.81 bits per heavy atom. The lowest BCUT2D eigenvalue weighted by Crippen LogP contribution is -2.31. The summed E-state index contributed by atoms with van der Waals surface area (Å²) in [6.45, 7) is 4.61. The molecule has 0 aromatic rings. The molecule has 0 saturated heterocycles. The van der Waals surface area contributed by atoms with E-state index >= 15 is 0 Å². The van der Waals surface area contributed by atoms with E-state index in [1.165, 1.54) is 19.3 Å². The zero-order valence-corrected chi connectivity index (χ0v) is 10.8. The topological polar surface area (TPSA) is 49.3 Å². The molecule has 0 saturated carbocycles. The normalized spacial score (nSPS) is 12.4. The van der Waals surface area contributed by atoms with Crippen molar-refractivity contribution in [3.05, 3.63) is 0 Å². The molecule has 2 N–H and O–H groups in total. The van der Waals surface area contributed by atoms with Crippen molar-refractivity contribution in [2.75, 3.05) is 6.54 Å². The summed E-state index contributed by atoms with van der Waals surface area (Å²) in [4.78, 5) is 11.4. The van der Waals surface area contributed by atoms with Gasteiger partial charge in [-0.1, -0.05) is 46.0 Å². The number of hydrogen-bond acceptors (Lipinski definition) is 2. The third-order valence-corrected chi connectivity index (χ3v) is 2.66. The smallest absolute Gasteiger partial charge is 0.220 e. The first-order chi connectivity index (χ1) is 7.70. The third-order valence-electron chi connectivity index (χ3n) is 2.66. The van der Waals surface area contributed by atoms with Gasteiger partial charge in [0.25, 0.3) is 0 Å². The van der Waals surface area contributed by atoms with E-state index in [1.54, 1.807) is 0 Å². The molecule has 0 heterocycles. The van der Waals surface area contributed by atoms with Gasteiger partial charge in [0.15, 0.2) is 0 Å². The SMILES string of the molecule is CCCCCCCC(=O)NCC(O)CCC. The second-order valence-corrected chi connectivity index (χ2v) is 4.41. The van der Waals surface area contributed by atoms with Crippen LogP contribution < -0.4 is 5.32 Å². The summed E-state index contributed by atoms with van der Waals surface area (Å²) in [6, 6.07) is 0. The van der Waals surface area contributed by atoms with Gasteiger partial charge in [0.05, 0.1) is 6.10 Å². The van der Waals surface area contributed by atoms with E-state index in [-0.39, 0.29) is 12.0 Å². The summed E-state index contributed by atoms with van der Waals surface area (Å²) in [7, 11) is 0. The first-order valence-electron chi connectivity index (χ1n) is 6.65. The molecular weight excluding hydrogens is 202 g/mol.